The third-order valence-electron chi connectivity index (χ3n) is 2.89. The van der Waals surface area contributed by atoms with Crippen molar-refractivity contribution in [1.29, 1.82) is 0 Å². The number of amides is 1. The molecule has 94 valence electrons. The second-order valence-electron chi connectivity index (χ2n) is 4.24. The van der Waals surface area contributed by atoms with Gasteiger partial charge in [0.25, 0.3) is 0 Å². The van der Waals surface area contributed by atoms with Crippen LogP contribution in [0.2, 0.25) is 0 Å². The van der Waals surface area contributed by atoms with Crippen LogP contribution >= 0.6 is 0 Å². The average Bonchev–Trinajstić information content (AvgIpc) is 2.88. The molecule has 1 aromatic rings. The van der Waals surface area contributed by atoms with Crippen LogP contribution in [0, 0.1) is 5.92 Å². The summed E-state index contributed by atoms with van der Waals surface area (Å²) >= 11 is 0. The summed E-state index contributed by atoms with van der Waals surface area (Å²) in [5.41, 5.74) is 0. The van der Waals surface area contributed by atoms with Crippen molar-refractivity contribution in [3.05, 3.63) is 12.2 Å². The van der Waals surface area contributed by atoms with Gasteiger partial charge in [0.05, 0.1) is 12.5 Å². The molecule has 1 amide bonds. The monoisotopic (exact) mass is 238 g/mol. The van der Waals surface area contributed by atoms with Crippen LogP contribution in [0.4, 0.5) is 0 Å². The molecule has 2 heterocycles. The molecule has 1 unspecified atom stereocenters. The molecule has 1 aliphatic heterocycles. The molecule has 6 heteroatoms. The predicted molar refractivity (Wildman–Crippen MR) is 61.3 cm³/mol. The fourth-order valence-corrected chi connectivity index (χ4v) is 1.91. The molecule has 1 aliphatic rings. The van der Waals surface area contributed by atoms with Gasteiger partial charge in [0.15, 0.2) is 0 Å². The number of aromatic nitrogens is 3. The first-order valence-electron chi connectivity index (χ1n) is 6.06. The Hall–Kier alpha value is -1.43. The lowest BCUT2D eigenvalue weighted by Crippen LogP contribution is -2.36. The highest BCUT2D eigenvalue weighted by Gasteiger charge is 2.20. The molecule has 0 aromatic carbocycles. The molecule has 0 spiro atoms. The third-order valence-corrected chi connectivity index (χ3v) is 2.89. The van der Waals surface area contributed by atoms with Gasteiger partial charge in [-0.15, -0.1) is 0 Å². The Bertz CT molecular complexity index is 333. The van der Waals surface area contributed by atoms with Crippen LogP contribution in [0.15, 0.2) is 6.33 Å². The fourth-order valence-electron chi connectivity index (χ4n) is 1.91. The summed E-state index contributed by atoms with van der Waals surface area (Å²) in [5.74, 6) is 1.01. The summed E-state index contributed by atoms with van der Waals surface area (Å²) < 4.78 is 5.28. The Kier molecular flexibility index (Phi) is 4.49. The van der Waals surface area contributed by atoms with Crippen LogP contribution in [0.3, 0.4) is 0 Å². The number of carbonyl (C=O) groups excluding carboxylic acids is 1. The number of aryl methyl sites for hydroxylation is 1. The minimum atomic E-state index is 0.0361. The van der Waals surface area contributed by atoms with Crippen LogP contribution in [-0.4, -0.2) is 40.8 Å². The van der Waals surface area contributed by atoms with Crippen molar-refractivity contribution in [1.82, 2.24) is 20.5 Å². The minimum Gasteiger partial charge on any atom is -0.381 e. The van der Waals surface area contributed by atoms with E-state index in [0.29, 0.717) is 13.2 Å². The van der Waals surface area contributed by atoms with Gasteiger partial charge in [-0.1, -0.05) is 0 Å². The Morgan fingerprint density at radius 3 is 3.29 bits per heavy atom. The molecule has 1 fully saturated rings. The summed E-state index contributed by atoms with van der Waals surface area (Å²) in [5, 5.41) is 9.50. The quantitative estimate of drug-likeness (QED) is 0.722. The second kappa shape index (κ2) is 6.34. The largest absolute Gasteiger partial charge is 0.381 e. The molecule has 0 bridgehead atoms. The number of hydrogen-bond acceptors (Lipinski definition) is 4. The molecule has 2 N–H and O–H groups in total. The normalized spacial score (nSPS) is 20.1. The Morgan fingerprint density at radius 2 is 2.59 bits per heavy atom. The van der Waals surface area contributed by atoms with E-state index in [1.54, 1.807) is 0 Å². The van der Waals surface area contributed by atoms with Crippen molar-refractivity contribution in [2.75, 3.05) is 19.8 Å². The van der Waals surface area contributed by atoms with Crippen molar-refractivity contribution >= 4 is 5.91 Å². The van der Waals surface area contributed by atoms with Crippen LogP contribution in [0.25, 0.3) is 0 Å². The number of hydrogen-bond donors (Lipinski definition) is 2. The number of ether oxygens (including phenoxy) is 1. The van der Waals surface area contributed by atoms with E-state index < -0.39 is 0 Å². The number of H-pyrrole nitrogens is 1. The maximum absolute atomic E-state index is 11.7. The van der Waals surface area contributed by atoms with Crippen LogP contribution < -0.4 is 5.32 Å². The lowest BCUT2D eigenvalue weighted by Gasteiger charge is -2.21. The van der Waals surface area contributed by atoms with E-state index in [0.717, 1.165) is 38.1 Å². The summed E-state index contributed by atoms with van der Waals surface area (Å²) in [6.07, 6.45) is 5.09. The molecule has 17 heavy (non-hydrogen) atoms. The van der Waals surface area contributed by atoms with Crippen LogP contribution in [-0.2, 0) is 16.0 Å². The van der Waals surface area contributed by atoms with E-state index in [1.165, 1.54) is 6.33 Å². The Morgan fingerprint density at radius 1 is 1.65 bits per heavy atom. The zero-order valence-electron chi connectivity index (χ0n) is 9.82. The lowest BCUT2D eigenvalue weighted by atomic mass is 10.0. The van der Waals surface area contributed by atoms with Crippen LogP contribution in [0.1, 0.15) is 25.1 Å². The van der Waals surface area contributed by atoms with E-state index in [4.69, 9.17) is 4.74 Å². The molecule has 0 radical (unpaired) electrons. The van der Waals surface area contributed by atoms with E-state index in [2.05, 4.69) is 20.5 Å². The maximum Gasteiger partial charge on any atom is 0.225 e. The minimum absolute atomic E-state index is 0.0361. The van der Waals surface area contributed by atoms with Crippen molar-refractivity contribution in [3.63, 3.8) is 0 Å². The molecule has 6 nitrogen and oxygen atoms in total. The van der Waals surface area contributed by atoms with Gasteiger partial charge < -0.3 is 10.1 Å². The standard InChI is InChI=1S/C11H18N4O2/c16-11(9-3-2-6-17-7-9)12-5-1-4-10-13-8-14-15-10/h8-9H,1-7H2,(H,12,16)(H,13,14,15). The van der Waals surface area contributed by atoms with Crippen molar-refractivity contribution in [2.24, 2.45) is 5.92 Å². The van der Waals surface area contributed by atoms with Gasteiger partial charge >= 0.3 is 0 Å². The van der Waals surface area contributed by atoms with Gasteiger partial charge in [-0.3, -0.25) is 9.89 Å². The highest BCUT2D eigenvalue weighted by Crippen LogP contribution is 2.13. The third kappa shape index (κ3) is 3.81. The van der Waals surface area contributed by atoms with Gasteiger partial charge in [0.2, 0.25) is 5.91 Å². The first-order chi connectivity index (χ1) is 8.36. The Balaban J connectivity index is 1.59. The zero-order valence-corrected chi connectivity index (χ0v) is 9.82. The van der Waals surface area contributed by atoms with Crippen molar-refractivity contribution in [2.45, 2.75) is 25.7 Å². The molecule has 1 atom stereocenters. The smallest absolute Gasteiger partial charge is 0.225 e. The van der Waals surface area contributed by atoms with Crippen molar-refractivity contribution in [3.8, 4) is 0 Å². The second-order valence-corrected chi connectivity index (χ2v) is 4.24. The molecule has 0 aliphatic carbocycles. The molecule has 1 aromatic heterocycles. The van der Waals surface area contributed by atoms with Gasteiger partial charge in [-0.25, -0.2) is 4.98 Å². The van der Waals surface area contributed by atoms with E-state index >= 15 is 0 Å². The molecular formula is C11H18N4O2. The average molecular weight is 238 g/mol. The van der Waals surface area contributed by atoms with E-state index in [1.807, 2.05) is 0 Å². The van der Waals surface area contributed by atoms with Crippen LogP contribution in [0.5, 0.6) is 0 Å². The highest BCUT2D eigenvalue weighted by atomic mass is 16.5. The summed E-state index contributed by atoms with van der Waals surface area (Å²) in [4.78, 5) is 15.8. The molecular weight excluding hydrogens is 220 g/mol. The predicted octanol–water partition coefficient (Wildman–Crippen LogP) is 0.280. The zero-order chi connectivity index (χ0) is 11.9. The first-order valence-corrected chi connectivity index (χ1v) is 6.06. The van der Waals surface area contributed by atoms with Gasteiger partial charge in [-0.05, 0) is 19.3 Å². The van der Waals surface area contributed by atoms with Gasteiger partial charge in [-0.2, -0.15) is 5.10 Å². The fraction of sp³-hybridized carbons (Fsp3) is 0.727. The number of aromatic amines is 1. The van der Waals surface area contributed by atoms with Gasteiger partial charge in [0, 0.05) is 19.6 Å². The Labute approximate surface area is 100 Å². The first kappa shape index (κ1) is 12.0. The summed E-state index contributed by atoms with van der Waals surface area (Å²) in [7, 11) is 0. The SMILES string of the molecule is O=C(NCCCc1ncn[nH]1)C1CCCOC1. The lowest BCUT2D eigenvalue weighted by molar-refractivity contribution is -0.128. The number of nitrogens with zero attached hydrogens (tertiary/aromatic N) is 2. The number of nitrogens with one attached hydrogen (secondary N) is 2. The molecule has 1 saturated heterocycles. The molecule has 2 rings (SSSR count). The topological polar surface area (TPSA) is 79.9 Å². The number of carbonyl (C=O) groups is 1. The van der Waals surface area contributed by atoms with E-state index in [-0.39, 0.29) is 11.8 Å². The summed E-state index contributed by atoms with van der Waals surface area (Å²) in [6, 6.07) is 0. The van der Waals surface area contributed by atoms with E-state index in [9.17, 15) is 4.79 Å². The van der Waals surface area contributed by atoms with Gasteiger partial charge in [0.1, 0.15) is 12.2 Å². The number of rotatable bonds is 5. The highest BCUT2D eigenvalue weighted by molar-refractivity contribution is 5.78. The molecule has 0 saturated carbocycles. The maximum atomic E-state index is 11.7. The van der Waals surface area contributed by atoms with Crippen molar-refractivity contribution < 1.29 is 9.53 Å². The summed E-state index contributed by atoms with van der Waals surface area (Å²) in [6.45, 7) is 2.03.